The Balaban J connectivity index is 0.000000240. The number of aliphatic hydroxyl groups excluding tert-OH is 3. The molecule has 2 fully saturated rings. The van der Waals surface area contributed by atoms with Crippen molar-refractivity contribution in [3.05, 3.63) is 92.7 Å². The zero-order valence-corrected chi connectivity index (χ0v) is 24.8. The minimum atomic E-state index is -1.13. The van der Waals surface area contributed by atoms with Gasteiger partial charge < -0.3 is 43.7 Å². The summed E-state index contributed by atoms with van der Waals surface area (Å²) in [5.41, 5.74) is 19.3. The van der Waals surface area contributed by atoms with Gasteiger partial charge in [-0.1, -0.05) is 77.8 Å². The number of hydrogen-bond acceptors (Lipinski definition) is 11. The van der Waals surface area contributed by atoms with Crippen molar-refractivity contribution >= 4 is 0 Å². The highest BCUT2D eigenvalue weighted by atomic mass is 16.7. The Morgan fingerprint density at radius 2 is 1.14 bits per heavy atom. The number of rotatable bonds is 12. The summed E-state index contributed by atoms with van der Waals surface area (Å²) >= 11 is 0. The van der Waals surface area contributed by atoms with E-state index in [4.69, 9.17) is 39.5 Å². The van der Waals surface area contributed by atoms with Crippen molar-refractivity contribution in [3.8, 4) is 0 Å². The first kappa shape index (κ1) is 35.2. The molecule has 4 unspecified atom stereocenters. The first-order chi connectivity index (χ1) is 21.4. The summed E-state index contributed by atoms with van der Waals surface area (Å²) in [7, 11) is 2.87. The van der Waals surface area contributed by atoms with Gasteiger partial charge in [-0.25, -0.2) is 0 Å². The molecule has 0 saturated carbocycles. The topological polar surface area (TPSA) is 214 Å². The van der Waals surface area contributed by atoms with E-state index in [-0.39, 0.29) is 6.61 Å². The molecule has 0 bridgehead atoms. The molecule has 0 amide bonds. The molecule has 2 heterocycles. The van der Waals surface area contributed by atoms with Crippen molar-refractivity contribution in [2.24, 2.45) is 10.2 Å². The first-order valence-electron chi connectivity index (χ1n) is 14.1. The minimum absolute atomic E-state index is 0.231. The van der Waals surface area contributed by atoms with Gasteiger partial charge in [-0.05, 0) is 28.6 Å². The van der Waals surface area contributed by atoms with Crippen LogP contribution in [0.25, 0.3) is 20.9 Å². The predicted molar refractivity (Wildman–Crippen MR) is 157 cm³/mol. The average Bonchev–Trinajstić information content (AvgIpc) is 3.06. The van der Waals surface area contributed by atoms with E-state index in [1.807, 2.05) is 67.6 Å². The van der Waals surface area contributed by atoms with E-state index in [2.05, 4.69) is 20.1 Å². The molecule has 0 radical (unpaired) electrons. The van der Waals surface area contributed by atoms with E-state index in [0.717, 1.165) is 11.1 Å². The van der Waals surface area contributed by atoms with Crippen LogP contribution in [0.4, 0.5) is 0 Å². The molecule has 2 aliphatic rings. The Labute approximate surface area is 255 Å². The second-order valence-electron chi connectivity index (χ2n) is 10.0. The second-order valence-corrected chi connectivity index (χ2v) is 10.0. The quantitative estimate of drug-likeness (QED) is 0.181. The maximum Gasteiger partial charge on any atom is 0.168 e. The van der Waals surface area contributed by atoms with E-state index in [1.54, 1.807) is 0 Å². The lowest BCUT2D eigenvalue weighted by molar-refractivity contribution is -0.266. The van der Waals surface area contributed by atoms with Crippen LogP contribution in [0.1, 0.15) is 24.5 Å². The van der Waals surface area contributed by atoms with Gasteiger partial charge >= 0.3 is 0 Å². The highest BCUT2D eigenvalue weighted by Gasteiger charge is 2.46. The van der Waals surface area contributed by atoms with Crippen LogP contribution in [0.5, 0.6) is 0 Å². The summed E-state index contributed by atoms with van der Waals surface area (Å²) in [6.45, 7) is 2.06. The van der Waals surface area contributed by atoms with E-state index in [1.165, 1.54) is 14.2 Å². The summed E-state index contributed by atoms with van der Waals surface area (Å²) in [4.78, 5) is 5.58. The lowest BCUT2D eigenvalue weighted by Crippen LogP contribution is -2.59. The summed E-state index contributed by atoms with van der Waals surface area (Å²) < 4.78 is 32.9. The maximum absolute atomic E-state index is 10.4. The van der Waals surface area contributed by atoms with Crippen molar-refractivity contribution < 1.29 is 43.7 Å². The number of hydrogen-bond donors (Lipinski definition) is 3. The van der Waals surface area contributed by atoms with Crippen molar-refractivity contribution in [2.75, 3.05) is 20.8 Å². The van der Waals surface area contributed by atoms with Gasteiger partial charge in [-0.15, -0.1) is 0 Å². The molecule has 15 nitrogen and oxygen atoms in total. The monoisotopic (exact) mass is 616 g/mol. The van der Waals surface area contributed by atoms with Gasteiger partial charge in [0.15, 0.2) is 12.6 Å². The minimum Gasteiger partial charge on any atom is -0.394 e. The third-order valence-corrected chi connectivity index (χ3v) is 7.27. The van der Waals surface area contributed by atoms with E-state index >= 15 is 0 Å². The van der Waals surface area contributed by atoms with Crippen LogP contribution < -0.4 is 0 Å². The molecule has 0 aromatic heterocycles. The molecule has 15 heteroatoms. The van der Waals surface area contributed by atoms with Crippen LogP contribution in [0.2, 0.25) is 0 Å². The molecule has 2 aliphatic heterocycles. The van der Waals surface area contributed by atoms with Gasteiger partial charge in [-0.2, -0.15) is 0 Å². The highest BCUT2D eigenvalue weighted by molar-refractivity contribution is 5.14. The van der Waals surface area contributed by atoms with E-state index < -0.39 is 67.9 Å². The number of aliphatic hydroxyl groups is 3. The Morgan fingerprint density at radius 1 is 0.727 bits per heavy atom. The maximum atomic E-state index is 10.4. The fraction of sp³-hybridized carbons (Fsp3) is 0.586. The van der Waals surface area contributed by atoms with Gasteiger partial charge in [0.25, 0.3) is 0 Å². The Kier molecular flexibility index (Phi) is 14.8. The van der Waals surface area contributed by atoms with Crippen LogP contribution in [-0.2, 0) is 41.6 Å². The van der Waals surface area contributed by atoms with Crippen LogP contribution in [-0.4, -0.2) is 97.4 Å². The third-order valence-electron chi connectivity index (χ3n) is 7.27. The molecule has 2 aromatic carbocycles. The van der Waals surface area contributed by atoms with Crippen LogP contribution >= 0.6 is 0 Å². The zero-order valence-electron chi connectivity index (χ0n) is 24.8. The lowest BCUT2D eigenvalue weighted by Gasteiger charge is -2.42. The third kappa shape index (κ3) is 9.35. The SMILES string of the molecule is CCC1O[C@H](OC)C(N=[N+]=[N-])[C@H](OCc2ccccc2)[C@@H]1O.CO[C@H]1OC(CO)[C@@H](O)[C@@H](OCc2ccccc2)C1N=[N+]=[N-]. The van der Waals surface area contributed by atoms with Crippen LogP contribution in [0, 0.1) is 0 Å². The smallest absolute Gasteiger partial charge is 0.168 e. The Morgan fingerprint density at radius 3 is 1.50 bits per heavy atom. The molecule has 44 heavy (non-hydrogen) atoms. The van der Waals surface area contributed by atoms with Gasteiger partial charge in [-0.3, -0.25) is 0 Å². The molecule has 3 N–H and O–H groups in total. The molecule has 0 spiro atoms. The van der Waals surface area contributed by atoms with Gasteiger partial charge in [0.1, 0.15) is 30.4 Å². The summed E-state index contributed by atoms with van der Waals surface area (Å²) in [6.07, 6.45) is -5.83. The number of methoxy groups -OCH3 is 2. The van der Waals surface area contributed by atoms with E-state index in [9.17, 15) is 15.3 Å². The van der Waals surface area contributed by atoms with Crippen molar-refractivity contribution in [2.45, 2.75) is 87.8 Å². The highest BCUT2D eigenvalue weighted by Crippen LogP contribution is 2.29. The van der Waals surface area contributed by atoms with Crippen molar-refractivity contribution in [1.82, 2.24) is 0 Å². The standard InChI is InChI=1S/C15H21N3O4.C14H19N3O5/c1-3-11-13(19)14(12(17-18-16)15(20-2)22-11)21-9-10-7-5-4-6-8-10;1-20-14-11(16-17-15)13(12(19)10(7-18)22-14)21-8-9-5-3-2-4-6-9/h4-8,11-15,19H,3,9H2,1-2H3;2-6,10-14,18-19H,7-8H2,1H3/t11?,12?,13-,14+,15+;10?,11?,12-,13+,14+/m11/s1. The number of nitrogens with zero attached hydrogens (tertiary/aromatic N) is 6. The number of ether oxygens (including phenoxy) is 6. The average molecular weight is 617 g/mol. The normalized spacial score (nSPS) is 31.5. The molecular formula is C29H40N6O9. The molecule has 240 valence electrons. The molecule has 4 rings (SSSR count). The van der Waals surface area contributed by atoms with Gasteiger partial charge in [0.2, 0.25) is 0 Å². The summed E-state index contributed by atoms with van der Waals surface area (Å²) in [6, 6.07) is 17.4. The Bertz CT molecular complexity index is 1110. The number of azide groups is 2. The van der Waals surface area contributed by atoms with Crippen LogP contribution in [0.15, 0.2) is 70.9 Å². The summed E-state index contributed by atoms with van der Waals surface area (Å²) in [5.74, 6) is 0. The second kappa shape index (κ2) is 18.5. The predicted octanol–water partition coefficient (Wildman–Crippen LogP) is 3.37. The van der Waals surface area contributed by atoms with E-state index in [0.29, 0.717) is 13.0 Å². The molecule has 10 atom stereocenters. The molecule has 0 aliphatic carbocycles. The summed E-state index contributed by atoms with van der Waals surface area (Å²) in [5, 5.41) is 37.3. The van der Waals surface area contributed by atoms with Gasteiger partial charge in [0.05, 0.1) is 38.1 Å². The fourth-order valence-corrected chi connectivity index (χ4v) is 4.97. The lowest BCUT2D eigenvalue weighted by atomic mass is 9.95. The molecule has 2 aromatic rings. The van der Waals surface area contributed by atoms with Crippen LogP contribution in [0.3, 0.4) is 0 Å². The Hall–Kier alpha value is -3.30. The van der Waals surface area contributed by atoms with Gasteiger partial charge in [0, 0.05) is 24.0 Å². The molecule has 2 saturated heterocycles. The largest absolute Gasteiger partial charge is 0.394 e. The zero-order chi connectivity index (χ0) is 31.9. The first-order valence-corrected chi connectivity index (χ1v) is 14.1. The number of benzene rings is 2. The fourth-order valence-electron chi connectivity index (χ4n) is 4.97. The molecular weight excluding hydrogens is 576 g/mol. The van der Waals surface area contributed by atoms with Crippen molar-refractivity contribution in [1.29, 1.82) is 0 Å². The van der Waals surface area contributed by atoms with Crippen molar-refractivity contribution in [3.63, 3.8) is 0 Å².